The van der Waals surface area contributed by atoms with Gasteiger partial charge in [0.1, 0.15) is 13.6 Å². The van der Waals surface area contributed by atoms with E-state index in [0.717, 1.165) is 36.1 Å². The van der Waals surface area contributed by atoms with Crippen molar-refractivity contribution in [1.82, 2.24) is 0 Å². The van der Waals surface area contributed by atoms with Crippen LogP contribution in [0.25, 0.3) is 0 Å². The minimum absolute atomic E-state index is 0.0710. The van der Waals surface area contributed by atoms with Gasteiger partial charge in [0, 0.05) is 5.56 Å². The van der Waals surface area contributed by atoms with E-state index in [9.17, 15) is 9.59 Å². The number of carbonyl (C=O) groups is 2. The number of fused-ring (bicyclic) bond motifs is 3. The lowest BCUT2D eigenvalue weighted by Crippen LogP contribution is -2.56. The Morgan fingerprint density at radius 2 is 1.96 bits per heavy atom. The molecule has 3 rings (SSSR count). The molecule has 2 aliphatic rings. The lowest BCUT2D eigenvalue weighted by Gasteiger charge is -2.56. The van der Waals surface area contributed by atoms with Crippen LogP contribution in [-0.2, 0) is 14.9 Å². The maximum Gasteiger partial charge on any atom is 0.311 e. The van der Waals surface area contributed by atoms with Gasteiger partial charge in [0.25, 0.3) is 0 Å². The van der Waals surface area contributed by atoms with Crippen LogP contribution in [0.4, 0.5) is 0 Å². The van der Waals surface area contributed by atoms with Gasteiger partial charge in [-0.05, 0) is 60.7 Å². The van der Waals surface area contributed by atoms with Crippen LogP contribution in [0.15, 0.2) is 18.2 Å². The van der Waals surface area contributed by atoms with Gasteiger partial charge < -0.3 is 9.47 Å². The number of methoxy groups -OCH3 is 2. The third kappa shape index (κ3) is 2.13. The largest absolute Gasteiger partial charge is 0.497 e. The molecule has 0 spiro atoms. The second kappa shape index (κ2) is 5.64. The van der Waals surface area contributed by atoms with Crippen molar-refractivity contribution in [3.63, 3.8) is 0 Å². The van der Waals surface area contributed by atoms with E-state index in [1.54, 1.807) is 7.11 Å². The van der Waals surface area contributed by atoms with Gasteiger partial charge in [-0.3, -0.25) is 9.59 Å². The Balaban J connectivity index is 2.23. The Morgan fingerprint density at radius 1 is 1.25 bits per heavy atom. The van der Waals surface area contributed by atoms with E-state index < -0.39 is 5.41 Å². The smallest absolute Gasteiger partial charge is 0.311 e. The first-order valence-electron chi connectivity index (χ1n) is 8.60. The Kier molecular flexibility index (Phi) is 4.01. The number of hydrogen-bond acceptors (Lipinski definition) is 4. The van der Waals surface area contributed by atoms with Crippen molar-refractivity contribution in [1.29, 1.82) is 0 Å². The van der Waals surface area contributed by atoms with Crippen LogP contribution in [0.5, 0.6) is 5.75 Å². The molecule has 1 aromatic carbocycles. The summed E-state index contributed by atoms with van der Waals surface area (Å²) < 4.78 is 10.5. The number of carbonyl (C=O) groups excluding carboxylic acids is 2. The summed E-state index contributed by atoms with van der Waals surface area (Å²) in [5, 5.41) is 0. The summed E-state index contributed by atoms with van der Waals surface area (Å²) in [6, 6.07) is 5.70. The molecule has 1 unspecified atom stereocenters. The number of ether oxygens (including phenoxy) is 2. The van der Waals surface area contributed by atoms with Gasteiger partial charge in [0.05, 0.1) is 19.6 Å². The first-order chi connectivity index (χ1) is 11.3. The van der Waals surface area contributed by atoms with Crippen LogP contribution >= 0.6 is 0 Å². The quantitative estimate of drug-likeness (QED) is 0.618. The summed E-state index contributed by atoms with van der Waals surface area (Å²) in [7, 11) is 5.03. The SMILES string of the molecule is B[C@H]1C(=O)c2ccc(OC)cc2[C@@]2(C)CCC[C@](C)(C(=O)OC)C12. The number of ketones is 1. The summed E-state index contributed by atoms with van der Waals surface area (Å²) in [5.41, 5.74) is 0.914. The molecule has 4 atom stereocenters. The average molecular weight is 328 g/mol. The fraction of sp³-hybridized carbons (Fsp3) is 0.579. The zero-order valence-corrected chi connectivity index (χ0v) is 15.1. The summed E-state index contributed by atoms with van der Waals surface area (Å²) in [6.07, 6.45) is 2.66. The summed E-state index contributed by atoms with van der Waals surface area (Å²) >= 11 is 0. The highest BCUT2D eigenvalue weighted by molar-refractivity contribution is 6.29. The minimum Gasteiger partial charge on any atom is -0.497 e. The molecule has 128 valence electrons. The Morgan fingerprint density at radius 3 is 2.58 bits per heavy atom. The topological polar surface area (TPSA) is 52.6 Å². The number of rotatable bonds is 2. The Labute approximate surface area is 144 Å². The summed E-state index contributed by atoms with van der Waals surface area (Å²) in [4.78, 5) is 25.6. The lowest BCUT2D eigenvalue weighted by atomic mass is 9.43. The predicted octanol–water partition coefficient (Wildman–Crippen LogP) is 2.55. The van der Waals surface area contributed by atoms with Gasteiger partial charge in [0.2, 0.25) is 0 Å². The van der Waals surface area contributed by atoms with Crippen molar-refractivity contribution >= 4 is 19.6 Å². The molecule has 0 amide bonds. The van der Waals surface area contributed by atoms with Crippen LogP contribution < -0.4 is 4.74 Å². The number of esters is 1. The van der Waals surface area contributed by atoms with Crippen LogP contribution in [0, 0.1) is 11.3 Å². The molecule has 2 aliphatic carbocycles. The van der Waals surface area contributed by atoms with Crippen molar-refractivity contribution < 1.29 is 19.1 Å². The molecule has 0 bridgehead atoms. The molecule has 1 saturated carbocycles. The fourth-order valence-corrected chi connectivity index (χ4v) is 5.44. The van der Waals surface area contributed by atoms with E-state index in [0.29, 0.717) is 0 Å². The summed E-state index contributed by atoms with van der Waals surface area (Å²) in [6.45, 7) is 4.16. The number of benzene rings is 1. The third-order valence-electron chi connectivity index (χ3n) is 6.44. The van der Waals surface area contributed by atoms with E-state index in [1.165, 1.54) is 7.11 Å². The molecular formula is C19H25BO4. The fourth-order valence-electron chi connectivity index (χ4n) is 5.44. The van der Waals surface area contributed by atoms with Crippen molar-refractivity contribution in [2.24, 2.45) is 11.3 Å². The molecular weight excluding hydrogens is 303 g/mol. The average Bonchev–Trinajstić information content (AvgIpc) is 2.58. The Hall–Kier alpha value is -1.78. The van der Waals surface area contributed by atoms with Gasteiger partial charge in [-0.1, -0.05) is 13.3 Å². The van der Waals surface area contributed by atoms with Crippen molar-refractivity contribution in [2.45, 2.75) is 44.3 Å². The molecule has 4 nitrogen and oxygen atoms in total. The van der Waals surface area contributed by atoms with Crippen LogP contribution in [0.2, 0.25) is 5.82 Å². The molecule has 1 fully saturated rings. The molecule has 0 aromatic heterocycles. The maximum atomic E-state index is 13.0. The van der Waals surface area contributed by atoms with Crippen molar-refractivity contribution in [3.8, 4) is 5.75 Å². The number of hydrogen-bond donors (Lipinski definition) is 0. The maximum absolute atomic E-state index is 13.0. The van der Waals surface area contributed by atoms with E-state index >= 15 is 0 Å². The molecule has 1 aromatic rings. The number of Topliss-reactive ketones (excluding diaryl/α,β-unsaturated/α-hetero) is 1. The van der Waals surface area contributed by atoms with E-state index in [-0.39, 0.29) is 28.9 Å². The molecule has 0 aliphatic heterocycles. The molecule has 0 saturated heterocycles. The molecule has 24 heavy (non-hydrogen) atoms. The lowest BCUT2D eigenvalue weighted by molar-refractivity contribution is -0.160. The van der Waals surface area contributed by atoms with Crippen LogP contribution in [0.1, 0.15) is 49.0 Å². The molecule has 5 heteroatoms. The molecule has 0 radical (unpaired) electrons. The van der Waals surface area contributed by atoms with E-state index in [1.807, 2.05) is 33.0 Å². The Bertz CT molecular complexity index is 701. The first-order valence-corrected chi connectivity index (χ1v) is 8.60. The van der Waals surface area contributed by atoms with Gasteiger partial charge >= 0.3 is 5.97 Å². The van der Waals surface area contributed by atoms with Gasteiger partial charge in [-0.2, -0.15) is 0 Å². The zero-order chi connectivity index (χ0) is 17.7. The first kappa shape index (κ1) is 17.1. The van der Waals surface area contributed by atoms with Gasteiger partial charge in [0.15, 0.2) is 5.78 Å². The van der Waals surface area contributed by atoms with Crippen LogP contribution in [0.3, 0.4) is 0 Å². The van der Waals surface area contributed by atoms with E-state index in [4.69, 9.17) is 9.47 Å². The molecule has 0 N–H and O–H groups in total. The van der Waals surface area contributed by atoms with Crippen LogP contribution in [-0.4, -0.2) is 33.8 Å². The van der Waals surface area contributed by atoms with Gasteiger partial charge in [-0.15, -0.1) is 0 Å². The van der Waals surface area contributed by atoms with Gasteiger partial charge in [-0.25, -0.2) is 0 Å². The highest BCUT2D eigenvalue weighted by Gasteiger charge is 2.59. The normalized spacial score (nSPS) is 34.9. The highest BCUT2D eigenvalue weighted by atomic mass is 16.5. The van der Waals surface area contributed by atoms with E-state index in [2.05, 4.69) is 6.92 Å². The standard InChI is InChI=1S/C19H25BO4/c1-18-8-5-9-19(2,17(22)24-4)16(18)14(20)15(21)12-7-6-11(23-3)10-13(12)18/h6-7,10,14,16H,5,8-9,20H2,1-4H3/t14-,16?,18+,19-/m0/s1. The van der Waals surface area contributed by atoms with Crippen molar-refractivity contribution in [2.75, 3.05) is 14.2 Å². The highest BCUT2D eigenvalue weighted by Crippen LogP contribution is 2.60. The minimum atomic E-state index is -0.641. The zero-order valence-electron chi connectivity index (χ0n) is 15.1. The monoisotopic (exact) mass is 328 g/mol. The van der Waals surface area contributed by atoms with Crippen molar-refractivity contribution in [3.05, 3.63) is 29.3 Å². The second-order valence-corrected chi connectivity index (χ2v) is 7.72. The summed E-state index contributed by atoms with van der Waals surface area (Å²) in [5.74, 6) is 0.386. The molecule has 0 heterocycles. The predicted molar refractivity (Wildman–Crippen MR) is 94.4 cm³/mol. The second-order valence-electron chi connectivity index (χ2n) is 7.72. The third-order valence-corrected chi connectivity index (χ3v) is 6.44.